The highest BCUT2D eigenvalue weighted by Crippen LogP contribution is 2.38. The van der Waals surface area contributed by atoms with Gasteiger partial charge in [-0.05, 0) is 39.4 Å². The highest BCUT2D eigenvalue weighted by molar-refractivity contribution is 7.98. The molecular weight excluding hydrogens is 917 g/mol. The maximum atomic E-state index is 13.7. The molecule has 69 heavy (non-hydrogen) atoms. The molecule has 3 rings (SSSR count). The molecule has 0 unspecified atom stereocenters. The minimum atomic E-state index is -2.25. The van der Waals surface area contributed by atoms with Crippen molar-refractivity contribution < 1.29 is 79.6 Å². The number of fused-ring (bicyclic) bond motifs is 2. The molecular formula is C50H80N2O16S. The van der Waals surface area contributed by atoms with Gasteiger partial charge in [-0.3, -0.25) is 9.59 Å². The van der Waals surface area contributed by atoms with Crippen LogP contribution in [-0.4, -0.2) is 179 Å². The van der Waals surface area contributed by atoms with Crippen LogP contribution < -0.4 is 11.1 Å². The molecule has 0 aliphatic carbocycles. The van der Waals surface area contributed by atoms with Gasteiger partial charge in [0.15, 0.2) is 12.1 Å². The third-order valence-corrected chi connectivity index (χ3v) is 13.3. The summed E-state index contributed by atoms with van der Waals surface area (Å²) in [6.45, 7) is 7.08. The van der Waals surface area contributed by atoms with Crippen LogP contribution in [0, 0.1) is 17.8 Å². The van der Waals surface area contributed by atoms with E-state index < -0.39 is 147 Å². The summed E-state index contributed by atoms with van der Waals surface area (Å²) in [5.41, 5.74) is 6.10. The Morgan fingerprint density at radius 3 is 1.93 bits per heavy atom. The van der Waals surface area contributed by atoms with Gasteiger partial charge in [-0.25, -0.2) is 0 Å². The van der Waals surface area contributed by atoms with Gasteiger partial charge in [0.2, 0.25) is 5.91 Å². The second-order valence-electron chi connectivity index (χ2n) is 18.5. The van der Waals surface area contributed by atoms with E-state index in [-0.39, 0.29) is 38.1 Å². The summed E-state index contributed by atoms with van der Waals surface area (Å²) in [6.07, 6.45) is 6.90. The molecule has 0 aromatic carbocycles. The van der Waals surface area contributed by atoms with Crippen LogP contribution in [0.5, 0.6) is 0 Å². The van der Waals surface area contributed by atoms with Gasteiger partial charge >= 0.3 is 5.97 Å². The Labute approximate surface area is 411 Å². The molecule has 392 valence electrons. The Hall–Kier alpha value is -3.09. The molecule has 0 aromatic rings. The zero-order valence-electron chi connectivity index (χ0n) is 40.5. The summed E-state index contributed by atoms with van der Waals surface area (Å²) < 4.78 is 23.7. The van der Waals surface area contributed by atoms with Crippen molar-refractivity contribution in [3.63, 3.8) is 0 Å². The minimum absolute atomic E-state index is 0.0894. The Morgan fingerprint density at radius 2 is 1.32 bits per heavy atom. The quantitative estimate of drug-likeness (QED) is 0.131. The van der Waals surface area contributed by atoms with E-state index in [9.17, 15) is 60.7 Å². The SMILES string of the molecule is CSCCNC(=O)[C@H]1[C@@H]2C[C@@H](O[C@@H]3O[C@H](C)[C@@H](O)[C@H](N)[C@@H]3O)/C=C/C=C/C=C/C=C/C=C/C=C/C=C/[C@H](C)[C@@H](O)[C@@H](C)[C@H](C)OC(=O)C[C@H](O)C[C@H](O)CC[C@@H](O)[C@H](O)C[C@H](O)C[C@](O)(C[C@@H]1O)O2. The number of thioether (sulfide) groups is 1. The largest absolute Gasteiger partial charge is 0.462 e. The predicted molar refractivity (Wildman–Crippen MR) is 261 cm³/mol. The van der Waals surface area contributed by atoms with Gasteiger partial charge in [-0.1, -0.05) is 98.9 Å². The lowest BCUT2D eigenvalue weighted by Crippen LogP contribution is -2.62. The molecule has 0 aromatic heterocycles. The molecule has 3 aliphatic rings. The molecule has 19 heteroatoms. The second-order valence-corrected chi connectivity index (χ2v) is 19.5. The molecule has 2 bridgehead atoms. The molecule has 0 radical (unpaired) electrons. The summed E-state index contributed by atoms with van der Waals surface area (Å²) in [4.78, 5) is 26.3. The highest BCUT2D eigenvalue weighted by atomic mass is 32.2. The van der Waals surface area contributed by atoms with Crippen LogP contribution in [0.1, 0.15) is 79.1 Å². The van der Waals surface area contributed by atoms with E-state index >= 15 is 0 Å². The first-order chi connectivity index (χ1) is 32.7. The summed E-state index contributed by atoms with van der Waals surface area (Å²) in [5, 5.41) is 112. The average Bonchev–Trinajstić information content (AvgIpc) is 3.27. The van der Waals surface area contributed by atoms with Crippen LogP contribution in [0.4, 0.5) is 0 Å². The molecule has 18 nitrogen and oxygen atoms in total. The van der Waals surface area contributed by atoms with Crippen LogP contribution in [0.2, 0.25) is 0 Å². The standard InChI is InChI=1S/C50H80N2O16S/c1-30-18-16-14-12-10-8-6-7-9-11-13-15-17-19-37(67-49-47(62)44(51)46(61)33(4)66-49)27-41-43(48(63)52-22-23-69-5)40(58)29-50(64,68-41)28-36(55)25-39(57)38(56)21-20-34(53)24-35(54)26-42(59)65-32(3)31(2)45(30)60/h6-19,30-41,43-47,49,53-58,60-62,64H,20-29,51H2,1-5H3,(H,52,63)/b7-6+,10-8+,11-9+,14-12+,15-13+,18-16+,19-17+/t30-,31-,32-,33+,34+,35+,36-,37-,38+,39+,40-,41-,43+,44-,45+,46+,47-,49-,50+/m0/s1. The molecule has 19 atom stereocenters. The molecule has 2 saturated heterocycles. The van der Waals surface area contributed by atoms with Crippen molar-refractivity contribution in [2.45, 2.75) is 177 Å². The molecule has 2 fully saturated rings. The molecule has 3 heterocycles. The van der Waals surface area contributed by atoms with Gasteiger partial charge < -0.3 is 81.1 Å². The number of aliphatic hydroxyl groups excluding tert-OH is 9. The summed E-state index contributed by atoms with van der Waals surface area (Å²) in [5.74, 6) is -4.93. The van der Waals surface area contributed by atoms with Crippen LogP contribution in [0.25, 0.3) is 0 Å². The lowest BCUT2D eigenvalue weighted by atomic mass is 9.82. The van der Waals surface area contributed by atoms with E-state index in [0.717, 1.165) is 0 Å². The summed E-state index contributed by atoms with van der Waals surface area (Å²) >= 11 is 1.49. The minimum Gasteiger partial charge on any atom is -0.462 e. The van der Waals surface area contributed by atoms with Crippen molar-refractivity contribution in [1.82, 2.24) is 5.32 Å². The third-order valence-electron chi connectivity index (χ3n) is 12.6. The highest BCUT2D eigenvalue weighted by Gasteiger charge is 2.51. The number of nitrogens with one attached hydrogen (secondary N) is 1. The number of ether oxygens (including phenoxy) is 4. The number of amides is 1. The van der Waals surface area contributed by atoms with Crippen molar-refractivity contribution in [2.75, 3.05) is 18.6 Å². The monoisotopic (exact) mass is 997 g/mol. The lowest BCUT2D eigenvalue weighted by molar-refractivity contribution is -0.307. The number of cyclic esters (lactones) is 1. The van der Waals surface area contributed by atoms with Crippen molar-refractivity contribution in [2.24, 2.45) is 23.5 Å². The van der Waals surface area contributed by atoms with Crippen molar-refractivity contribution >= 4 is 23.6 Å². The first kappa shape index (κ1) is 60.2. The number of rotatable bonds is 6. The fourth-order valence-electron chi connectivity index (χ4n) is 8.38. The van der Waals surface area contributed by atoms with E-state index in [1.54, 1.807) is 63.3 Å². The predicted octanol–water partition coefficient (Wildman–Crippen LogP) is 1.11. The van der Waals surface area contributed by atoms with Gasteiger partial charge in [0.05, 0.1) is 85.5 Å². The zero-order valence-corrected chi connectivity index (χ0v) is 41.3. The Morgan fingerprint density at radius 1 is 0.725 bits per heavy atom. The number of carbonyl (C=O) groups is 2. The number of hydrogen-bond acceptors (Lipinski definition) is 18. The fraction of sp³-hybridized carbons (Fsp3) is 0.680. The first-order valence-electron chi connectivity index (χ1n) is 23.9. The van der Waals surface area contributed by atoms with Crippen LogP contribution in [0.3, 0.4) is 0 Å². The third kappa shape index (κ3) is 20.9. The molecule has 1 amide bonds. The van der Waals surface area contributed by atoms with Crippen LogP contribution >= 0.6 is 11.8 Å². The van der Waals surface area contributed by atoms with Gasteiger partial charge in [0.25, 0.3) is 0 Å². The topological polar surface area (TPSA) is 311 Å². The number of allylic oxidation sites excluding steroid dienone is 12. The van der Waals surface area contributed by atoms with Gasteiger partial charge in [-0.15, -0.1) is 0 Å². The van der Waals surface area contributed by atoms with E-state index in [4.69, 9.17) is 24.7 Å². The Kier molecular flexibility index (Phi) is 26.8. The molecule has 3 aliphatic heterocycles. The van der Waals surface area contributed by atoms with E-state index in [2.05, 4.69) is 5.32 Å². The van der Waals surface area contributed by atoms with Crippen molar-refractivity contribution in [1.29, 1.82) is 0 Å². The van der Waals surface area contributed by atoms with Gasteiger partial charge in [0, 0.05) is 49.8 Å². The maximum absolute atomic E-state index is 13.7. The van der Waals surface area contributed by atoms with Crippen LogP contribution in [-0.2, 0) is 28.5 Å². The number of aliphatic hydroxyl groups is 10. The summed E-state index contributed by atoms with van der Waals surface area (Å²) in [6, 6.07) is -1.12. The van der Waals surface area contributed by atoms with Crippen molar-refractivity contribution in [3.8, 4) is 0 Å². The second kappa shape index (κ2) is 30.7. The van der Waals surface area contributed by atoms with Gasteiger partial charge in [-0.2, -0.15) is 11.8 Å². The number of carbonyl (C=O) groups excluding carboxylic acids is 2. The molecule has 13 N–H and O–H groups in total. The van der Waals surface area contributed by atoms with E-state index in [0.29, 0.717) is 5.75 Å². The number of nitrogens with two attached hydrogens (primary N) is 1. The average molecular weight is 997 g/mol. The zero-order chi connectivity index (χ0) is 51.3. The van der Waals surface area contributed by atoms with Crippen molar-refractivity contribution in [3.05, 3.63) is 85.1 Å². The fourth-order valence-corrected chi connectivity index (χ4v) is 8.69. The van der Waals surface area contributed by atoms with E-state index in [1.807, 2.05) is 55.7 Å². The first-order valence-corrected chi connectivity index (χ1v) is 25.3. The number of esters is 1. The number of hydrogen-bond donors (Lipinski definition) is 12. The summed E-state index contributed by atoms with van der Waals surface area (Å²) in [7, 11) is 0. The Balaban J connectivity index is 1.92. The van der Waals surface area contributed by atoms with Crippen LogP contribution in [0.15, 0.2) is 85.1 Å². The van der Waals surface area contributed by atoms with Gasteiger partial charge in [0.1, 0.15) is 12.2 Å². The molecule has 0 saturated carbocycles. The Bertz CT molecular complexity index is 1750. The smallest absolute Gasteiger partial charge is 0.308 e. The maximum Gasteiger partial charge on any atom is 0.308 e. The normalized spacial score (nSPS) is 43.5. The molecule has 0 spiro atoms. The lowest BCUT2D eigenvalue weighted by Gasteiger charge is -2.46. The van der Waals surface area contributed by atoms with E-state index in [1.165, 1.54) is 11.8 Å².